The first-order chi connectivity index (χ1) is 8.30. The Morgan fingerprint density at radius 2 is 1.94 bits per heavy atom. The summed E-state index contributed by atoms with van der Waals surface area (Å²) >= 11 is 0. The van der Waals surface area contributed by atoms with Gasteiger partial charge in [0.15, 0.2) is 5.78 Å². The van der Waals surface area contributed by atoms with Gasteiger partial charge in [0.1, 0.15) is 0 Å². The lowest BCUT2D eigenvalue weighted by Gasteiger charge is -2.38. The molecule has 0 unspecified atom stereocenters. The Bertz CT molecular complexity index is 443. The molecule has 1 heteroatoms. The normalized spacial score (nSPS) is 45.3. The molecule has 3 aliphatic carbocycles. The highest BCUT2D eigenvalue weighted by Gasteiger charge is 2.64. The maximum Gasteiger partial charge on any atom is 0.155 e. The summed E-state index contributed by atoms with van der Waals surface area (Å²) in [5.41, 5.74) is 3.44. The van der Waals surface area contributed by atoms with Crippen molar-refractivity contribution in [3.63, 3.8) is 0 Å². The molecule has 18 heavy (non-hydrogen) atoms. The van der Waals surface area contributed by atoms with Crippen LogP contribution in [0.15, 0.2) is 11.1 Å². The smallest absolute Gasteiger partial charge is 0.155 e. The van der Waals surface area contributed by atoms with Gasteiger partial charge in [0, 0.05) is 0 Å². The lowest BCUT2D eigenvalue weighted by atomic mass is 9.65. The molecule has 2 bridgehead atoms. The van der Waals surface area contributed by atoms with Gasteiger partial charge in [0.05, 0.1) is 0 Å². The predicted molar refractivity (Wildman–Crippen MR) is 74.2 cm³/mol. The van der Waals surface area contributed by atoms with E-state index in [9.17, 15) is 4.79 Å². The van der Waals surface area contributed by atoms with E-state index in [0.29, 0.717) is 22.5 Å². The van der Waals surface area contributed by atoms with Crippen molar-refractivity contribution in [2.75, 3.05) is 0 Å². The number of Topliss-reactive ketones (excluding diaryl/α,β-unsaturated/α-hetero) is 1. The second kappa shape index (κ2) is 3.49. The van der Waals surface area contributed by atoms with Crippen LogP contribution in [-0.4, -0.2) is 5.78 Å². The Balaban J connectivity index is 2.15. The maximum absolute atomic E-state index is 12.0. The van der Waals surface area contributed by atoms with Crippen LogP contribution in [0.5, 0.6) is 0 Å². The van der Waals surface area contributed by atoms with Gasteiger partial charge in [-0.15, -0.1) is 0 Å². The minimum atomic E-state index is 0.326. The van der Waals surface area contributed by atoms with Gasteiger partial charge in [-0.25, -0.2) is 0 Å². The average Bonchev–Trinajstić information content (AvgIpc) is 2.68. The molecule has 0 aliphatic heterocycles. The van der Waals surface area contributed by atoms with E-state index in [4.69, 9.17) is 0 Å². The average molecular weight is 246 g/mol. The molecular weight excluding hydrogens is 220 g/mol. The van der Waals surface area contributed by atoms with E-state index in [-0.39, 0.29) is 0 Å². The highest BCUT2D eigenvalue weighted by atomic mass is 16.1. The zero-order valence-electron chi connectivity index (χ0n) is 12.5. The Labute approximate surface area is 111 Å². The van der Waals surface area contributed by atoms with Crippen molar-refractivity contribution in [3.05, 3.63) is 11.1 Å². The fraction of sp³-hybridized carbons (Fsp3) is 0.824. The quantitative estimate of drug-likeness (QED) is 0.671. The summed E-state index contributed by atoms with van der Waals surface area (Å²) in [6.45, 7) is 11.3. The molecule has 0 saturated heterocycles. The van der Waals surface area contributed by atoms with E-state index in [2.05, 4.69) is 27.7 Å². The van der Waals surface area contributed by atoms with Crippen LogP contribution < -0.4 is 0 Å². The molecule has 0 radical (unpaired) electrons. The van der Waals surface area contributed by atoms with Gasteiger partial charge in [-0.05, 0) is 73.7 Å². The molecule has 1 spiro atoms. The molecule has 0 amide bonds. The van der Waals surface area contributed by atoms with Crippen molar-refractivity contribution in [3.8, 4) is 0 Å². The largest absolute Gasteiger partial charge is 0.295 e. The van der Waals surface area contributed by atoms with E-state index in [0.717, 1.165) is 18.3 Å². The van der Waals surface area contributed by atoms with Crippen LogP contribution in [0.3, 0.4) is 0 Å². The predicted octanol–water partition coefficient (Wildman–Crippen LogP) is 4.37. The first kappa shape index (κ1) is 12.4. The second-order valence-electron chi connectivity index (χ2n) is 7.74. The highest BCUT2D eigenvalue weighted by Crippen LogP contribution is 2.72. The minimum absolute atomic E-state index is 0.326. The lowest BCUT2D eigenvalue weighted by molar-refractivity contribution is -0.114. The molecule has 100 valence electrons. The fourth-order valence-electron chi connectivity index (χ4n) is 5.84. The summed E-state index contributed by atoms with van der Waals surface area (Å²) in [5.74, 6) is 2.61. The van der Waals surface area contributed by atoms with Crippen molar-refractivity contribution in [2.24, 2.45) is 28.6 Å². The standard InChI is InChI=1S/C17H26O/c1-10-6-7-15-16(4,5)14-9-17(10,15)8-13(11(14)2)12(3)18/h10,14-15H,6-9H2,1-5H3/t10-,14+,15-,17+/m0/s1. The lowest BCUT2D eigenvalue weighted by Crippen LogP contribution is -2.32. The highest BCUT2D eigenvalue weighted by molar-refractivity contribution is 5.94. The second-order valence-corrected chi connectivity index (χ2v) is 7.74. The fourth-order valence-corrected chi connectivity index (χ4v) is 5.84. The van der Waals surface area contributed by atoms with Gasteiger partial charge < -0.3 is 0 Å². The van der Waals surface area contributed by atoms with Crippen molar-refractivity contribution >= 4 is 5.78 Å². The minimum Gasteiger partial charge on any atom is -0.295 e. The summed E-state index contributed by atoms with van der Waals surface area (Å²) in [6, 6.07) is 0. The summed E-state index contributed by atoms with van der Waals surface area (Å²) in [7, 11) is 0. The van der Waals surface area contributed by atoms with Crippen molar-refractivity contribution in [1.82, 2.24) is 0 Å². The summed E-state index contributed by atoms with van der Waals surface area (Å²) in [5, 5.41) is 0. The monoisotopic (exact) mass is 246 g/mol. The van der Waals surface area contributed by atoms with E-state index < -0.39 is 0 Å². The molecule has 0 aromatic heterocycles. The third-order valence-electron chi connectivity index (χ3n) is 6.87. The van der Waals surface area contributed by atoms with Crippen LogP contribution in [0.1, 0.15) is 60.3 Å². The topological polar surface area (TPSA) is 17.1 Å². The Morgan fingerprint density at radius 1 is 1.28 bits per heavy atom. The van der Waals surface area contributed by atoms with E-state index in [1.165, 1.54) is 30.4 Å². The van der Waals surface area contributed by atoms with Crippen LogP contribution in [0, 0.1) is 28.6 Å². The van der Waals surface area contributed by atoms with E-state index in [1.807, 2.05) is 0 Å². The van der Waals surface area contributed by atoms with Crippen LogP contribution in [0.4, 0.5) is 0 Å². The van der Waals surface area contributed by atoms with Crippen LogP contribution >= 0.6 is 0 Å². The summed E-state index contributed by atoms with van der Waals surface area (Å²) in [4.78, 5) is 12.0. The van der Waals surface area contributed by atoms with Gasteiger partial charge in [-0.3, -0.25) is 4.79 Å². The number of carbonyl (C=O) groups is 1. The molecule has 0 N–H and O–H groups in total. The van der Waals surface area contributed by atoms with Crippen LogP contribution in [-0.2, 0) is 4.79 Å². The van der Waals surface area contributed by atoms with Crippen molar-refractivity contribution in [1.29, 1.82) is 0 Å². The van der Waals surface area contributed by atoms with Gasteiger partial charge in [0.25, 0.3) is 0 Å². The maximum atomic E-state index is 12.0. The molecule has 0 aromatic rings. The van der Waals surface area contributed by atoms with Crippen molar-refractivity contribution in [2.45, 2.75) is 60.3 Å². The van der Waals surface area contributed by atoms with E-state index >= 15 is 0 Å². The number of fused-ring (bicyclic) bond motifs is 1. The molecule has 0 aromatic carbocycles. The third-order valence-corrected chi connectivity index (χ3v) is 6.87. The molecule has 3 aliphatic rings. The van der Waals surface area contributed by atoms with Gasteiger partial charge in [0.2, 0.25) is 0 Å². The number of hydrogen-bond acceptors (Lipinski definition) is 1. The first-order valence-corrected chi connectivity index (χ1v) is 7.51. The van der Waals surface area contributed by atoms with Gasteiger partial charge in [-0.1, -0.05) is 26.3 Å². The zero-order valence-corrected chi connectivity index (χ0v) is 12.5. The number of hydrogen-bond donors (Lipinski definition) is 0. The summed E-state index contributed by atoms with van der Waals surface area (Å²) < 4.78 is 0. The van der Waals surface area contributed by atoms with Gasteiger partial charge >= 0.3 is 0 Å². The number of rotatable bonds is 1. The zero-order chi connectivity index (χ0) is 13.3. The molecule has 2 fully saturated rings. The van der Waals surface area contributed by atoms with Crippen LogP contribution in [0.2, 0.25) is 0 Å². The van der Waals surface area contributed by atoms with Crippen LogP contribution in [0.25, 0.3) is 0 Å². The van der Waals surface area contributed by atoms with E-state index in [1.54, 1.807) is 6.92 Å². The van der Waals surface area contributed by atoms with Gasteiger partial charge in [-0.2, -0.15) is 0 Å². The Morgan fingerprint density at radius 3 is 2.56 bits per heavy atom. The third kappa shape index (κ3) is 1.26. The molecule has 0 heterocycles. The first-order valence-electron chi connectivity index (χ1n) is 7.51. The number of ketones is 1. The molecule has 4 atom stereocenters. The molecule has 1 nitrogen and oxygen atoms in total. The summed E-state index contributed by atoms with van der Waals surface area (Å²) in [6.07, 6.45) is 5.16. The van der Waals surface area contributed by atoms with Crippen molar-refractivity contribution < 1.29 is 4.79 Å². The SMILES string of the molecule is CC(=O)C1=C(C)[C@H]2C[C@]3(C1)[C@@H](C)CC[C@H]3C2(C)C. The molecule has 2 saturated carbocycles. The Kier molecular flexibility index (Phi) is 2.41. The molecule has 3 rings (SSSR count). The number of carbonyl (C=O) groups excluding carboxylic acids is 1. The Hall–Kier alpha value is -0.590. The number of allylic oxidation sites excluding steroid dienone is 2. The molecular formula is C17H26O.